The van der Waals surface area contributed by atoms with Gasteiger partial charge < -0.3 is 18.9 Å². The van der Waals surface area contributed by atoms with Crippen molar-refractivity contribution in [3.63, 3.8) is 0 Å². The van der Waals surface area contributed by atoms with Gasteiger partial charge in [0.1, 0.15) is 12.2 Å². The van der Waals surface area contributed by atoms with Crippen molar-refractivity contribution in [1.29, 1.82) is 0 Å². The summed E-state index contributed by atoms with van der Waals surface area (Å²) in [5.74, 6) is 2.31. The van der Waals surface area contributed by atoms with Crippen molar-refractivity contribution in [3.8, 4) is 35.3 Å². The fourth-order valence-corrected chi connectivity index (χ4v) is 3.79. The van der Waals surface area contributed by atoms with E-state index in [9.17, 15) is 14.4 Å². The molecule has 0 saturated carbocycles. The van der Waals surface area contributed by atoms with Crippen LogP contribution < -0.4 is 24.3 Å². The summed E-state index contributed by atoms with van der Waals surface area (Å²) in [7, 11) is 1.42. The van der Waals surface area contributed by atoms with Crippen LogP contribution >= 0.6 is 11.6 Å². The predicted octanol–water partition coefficient (Wildman–Crippen LogP) is 4.21. The van der Waals surface area contributed by atoms with Gasteiger partial charge >= 0.3 is 6.03 Å². The minimum Gasteiger partial charge on any atom is -0.493 e. The Hall–Kier alpha value is -4.16. The first-order valence-electron chi connectivity index (χ1n) is 11.5. The molecule has 37 heavy (non-hydrogen) atoms. The average Bonchev–Trinajstić information content (AvgIpc) is 2.87. The first kappa shape index (κ1) is 27.4. The lowest BCUT2D eigenvalue weighted by atomic mass is 10.1. The molecule has 1 heterocycles. The molecule has 1 fully saturated rings. The molecule has 1 aliphatic heterocycles. The Morgan fingerprint density at radius 3 is 2.51 bits per heavy atom. The van der Waals surface area contributed by atoms with Crippen LogP contribution in [0.5, 0.6) is 23.0 Å². The SMILES string of the molecule is C#CCOc1c(Cl)cc(/C=C2\C(=O)NC(=O)N(Cc3ccc(OCCC)c(OCC)c3)C2=O)cc1OC. The number of amides is 4. The summed E-state index contributed by atoms with van der Waals surface area (Å²) >= 11 is 6.31. The molecule has 194 valence electrons. The number of methoxy groups -OCH3 is 1. The Morgan fingerprint density at radius 2 is 1.84 bits per heavy atom. The van der Waals surface area contributed by atoms with Crippen LogP contribution in [0.2, 0.25) is 5.02 Å². The van der Waals surface area contributed by atoms with Crippen LogP contribution in [-0.2, 0) is 16.1 Å². The van der Waals surface area contributed by atoms with E-state index in [0.29, 0.717) is 35.8 Å². The van der Waals surface area contributed by atoms with Gasteiger partial charge in [0.05, 0.1) is 31.9 Å². The van der Waals surface area contributed by atoms with E-state index in [4.69, 9.17) is 37.0 Å². The van der Waals surface area contributed by atoms with Gasteiger partial charge in [-0.15, -0.1) is 6.42 Å². The second-order valence-electron chi connectivity index (χ2n) is 7.80. The lowest BCUT2D eigenvalue weighted by molar-refractivity contribution is -0.130. The van der Waals surface area contributed by atoms with Gasteiger partial charge in [-0.05, 0) is 54.8 Å². The summed E-state index contributed by atoms with van der Waals surface area (Å²) in [5.41, 5.74) is 0.755. The van der Waals surface area contributed by atoms with Gasteiger partial charge in [0, 0.05) is 0 Å². The smallest absolute Gasteiger partial charge is 0.331 e. The second kappa shape index (κ2) is 12.7. The normalized spacial score (nSPS) is 14.3. The third-order valence-corrected chi connectivity index (χ3v) is 5.44. The third-order valence-electron chi connectivity index (χ3n) is 5.16. The van der Waals surface area contributed by atoms with Crippen molar-refractivity contribution in [2.24, 2.45) is 0 Å². The monoisotopic (exact) mass is 526 g/mol. The molecule has 0 spiro atoms. The van der Waals surface area contributed by atoms with Gasteiger partial charge in [-0.25, -0.2) is 4.79 Å². The summed E-state index contributed by atoms with van der Waals surface area (Å²) < 4.78 is 22.1. The summed E-state index contributed by atoms with van der Waals surface area (Å²) in [6.07, 6.45) is 7.39. The van der Waals surface area contributed by atoms with Crippen LogP contribution in [0.25, 0.3) is 6.08 Å². The number of carbonyl (C=O) groups is 3. The van der Waals surface area contributed by atoms with Gasteiger partial charge in [-0.1, -0.05) is 30.5 Å². The average molecular weight is 527 g/mol. The zero-order valence-electron chi connectivity index (χ0n) is 20.8. The van der Waals surface area contributed by atoms with E-state index in [1.54, 1.807) is 18.2 Å². The van der Waals surface area contributed by atoms with Crippen molar-refractivity contribution in [3.05, 3.63) is 52.1 Å². The minimum atomic E-state index is -0.829. The van der Waals surface area contributed by atoms with E-state index in [1.165, 1.54) is 25.3 Å². The molecule has 0 bridgehead atoms. The molecule has 1 N–H and O–H groups in total. The highest BCUT2D eigenvalue weighted by atomic mass is 35.5. The van der Waals surface area contributed by atoms with Crippen molar-refractivity contribution >= 4 is 35.5 Å². The maximum Gasteiger partial charge on any atom is 0.331 e. The maximum atomic E-state index is 13.2. The summed E-state index contributed by atoms with van der Waals surface area (Å²) in [6, 6.07) is 7.36. The van der Waals surface area contributed by atoms with Gasteiger partial charge in [0.25, 0.3) is 11.8 Å². The van der Waals surface area contributed by atoms with Crippen LogP contribution in [0.15, 0.2) is 35.9 Å². The topological polar surface area (TPSA) is 103 Å². The molecule has 0 aromatic heterocycles. The Bertz CT molecular complexity index is 1270. The fraction of sp³-hybridized carbons (Fsp3) is 0.296. The molecule has 2 aromatic carbocycles. The molecule has 2 aromatic rings. The number of carbonyl (C=O) groups excluding carboxylic acids is 3. The molecule has 0 radical (unpaired) electrons. The third kappa shape index (κ3) is 6.54. The van der Waals surface area contributed by atoms with E-state index in [1.807, 2.05) is 13.8 Å². The van der Waals surface area contributed by atoms with Crippen molar-refractivity contribution in [2.75, 3.05) is 26.9 Å². The second-order valence-corrected chi connectivity index (χ2v) is 8.21. The van der Waals surface area contributed by atoms with E-state index in [2.05, 4.69) is 11.2 Å². The lowest BCUT2D eigenvalue weighted by Crippen LogP contribution is -2.53. The fourth-order valence-electron chi connectivity index (χ4n) is 3.51. The highest BCUT2D eigenvalue weighted by Crippen LogP contribution is 2.37. The highest BCUT2D eigenvalue weighted by Gasteiger charge is 2.36. The number of terminal acetylenes is 1. The highest BCUT2D eigenvalue weighted by molar-refractivity contribution is 6.33. The van der Waals surface area contributed by atoms with Gasteiger partial charge in [0.15, 0.2) is 23.0 Å². The van der Waals surface area contributed by atoms with Crippen LogP contribution in [0.4, 0.5) is 4.79 Å². The van der Waals surface area contributed by atoms with Gasteiger partial charge in [-0.3, -0.25) is 19.8 Å². The number of hydrogen-bond donors (Lipinski definition) is 1. The Morgan fingerprint density at radius 1 is 1.05 bits per heavy atom. The largest absolute Gasteiger partial charge is 0.493 e. The standard InChI is InChI=1S/C27H27ClN2O7/c1-5-10-36-21-9-8-17(14-22(21)35-7-3)16-30-26(32)19(25(31)29-27(30)33)12-18-13-20(28)24(37-11-6-2)23(15-18)34-4/h2,8-9,12-15H,5,7,10-11,16H2,1,3-4H3,(H,29,31,33)/b19-12+. The number of halogens is 1. The van der Waals surface area contributed by atoms with Crippen molar-refractivity contribution < 1.29 is 33.3 Å². The molecule has 4 amide bonds. The van der Waals surface area contributed by atoms with Crippen LogP contribution in [0.1, 0.15) is 31.4 Å². The molecule has 1 aliphatic rings. The predicted molar refractivity (Wildman–Crippen MR) is 138 cm³/mol. The Kier molecular flexibility index (Phi) is 9.41. The Labute approximate surface area is 220 Å². The molecule has 1 saturated heterocycles. The molecule has 0 aliphatic carbocycles. The van der Waals surface area contributed by atoms with Gasteiger partial charge in [-0.2, -0.15) is 0 Å². The minimum absolute atomic E-state index is 0.0226. The van der Waals surface area contributed by atoms with E-state index < -0.39 is 17.8 Å². The first-order chi connectivity index (χ1) is 17.8. The maximum absolute atomic E-state index is 13.2. The lowest BCUT2D eigenvalue weighted by Gasteiger charge is -2.26. The van der Waals surface area contributed by atoms with Gasteiger partial charge in [0.2, 0.25) is 0 Å². The Balaban J connectivity index is 1.90. The molecule has 10 heteroatoms. The van der Waals surface area contributed by atoms with Crippen LogP contribution in [0.3, 0.4) is 0 Å². The number of nitrogens with one attached hydrogen (secondary N) is 1. The molecular weight excluding hydrogens is 500 g/mol. The summed E-state index contributed by atoms with van der Waals surface area (Å²) in [5, 5.41) is 2.38. The number of ether oxygens (including phenoxy) is 4. The summed E-state index contributed by atoms with van der Waals surface area (Å²) in [6.45, 7) is 4.66. The number of rotatable bonds is 11. The van der Waals surface area contributed by atoms with E-state index in [-0.39, 0.29) is 35.2 Å². The number of imide groups is 2. The first-order valence-corrected chi connectivity index (χ1v) is 11.9. The van der Waals surface area contributed by atoms with Crippen LogP contribution in [-0.4, -0.2) is 49.7 Å². The quantitative estimate of drug-likeness (QED) is 0.266. The van der Waals surface area contributed by atoms with E-state index in [0.717, 1.165) is 11.3 Å². The van der Waals surface area contributed by atoms with E-state index >= 15 is 0 Å². The number of hydrogen-bond acceptors (Lipinski definition) is 7. The number of urea groups is 1. The zero-order valence-corrected chi connectivity index (χ0v) is 21.5. The van der Waals surface area contributed by atoms with Crippen molar-refractivity contribution in [2.45, 2.75) is 26.8 Å². The number of benzene rings is 2. The molecule has 9 nitrogen and oxygen atoms in total. The summed E-state index contributed by atoms with van der Waals surface area (Å²) in [4.78, 5) is 39.3. The molecular formula is C27H27ClN2O7. The molecule has 3 rings (SSSR count). The molecule has 0 unspecified atom stereocenters. The number of barbiturate groups is 1. The number of nitrogens with zero attached hydrogens (tertiary/aromatic N) is 1. The van der Waals surface area contributed by atoms with Crippen LogP contribution in [0, 0.1) is 12.3 Å². The molecule has 0 atom stereocenters. The zero-order chi connectivity index (χ0) is 26.9. The van der Waals surface area contributed by atoms with Crippen molar-refractivity contribution in [1.82, 2.24) is 10.2 Å².